The van der Waals surface area contributed by atoms with Crippen molar-refractivity contribution in [3.8, 4) is 23.0 Å². The third-order valence-corrected chi connectivity index (χ3v) is 5.57. The maximum absolute atomic E-state index is 10.6. The molecule has 0 atom stereocenters. The molecule has 2 aromatic rings. The van der Waals surface area contributed by atoms with Crippen molar-refractivity contribution in [3.63, 3.8) is 0 Å². The summed E-state index contributed by atoms with van der Waals surface area (Å²) in [7, 11) is 0. The monoisotopic (exact) mass is 368 g/mol. The highest BCUT2D eigenvalue weighted by Gasteiger charge is 2.39. The number of ether oxygens (including phenoxy) is 2. The molecular formula is C23H28O4. The summed E-state index contributed by atoms with van der Waals surface area (Å²) in [5, 5.41) is 21.2. The SMILES string of the molecule is CC(C)(C)c1cc2c(cc1O)C1CC(O2)Oc2cc(C(C)(C)C)c(O)cc21. The van der Waals surface area contributed by atoms with E-state index in [0.717, 1.165) is 33.8 Å². The molecule has 0 aromatic heterocycles. The lowest BCUT2D eigenvalue weighted by atomic mass is 9.78. The average Bonchev–Trinajstić information content (AvgIpc) is 2.53. The van der Waals surface area contributed by atoms with Crippen molar-refractivity contribution < 1.29 is 19.7 Å². The summed E-state index contributed by atoms with van der Waals surface area (Å²) in [6.45, 7) is 12.4. The van der Waals surface area contributed by atoms with Crippen molar-refractivity contribution in [1.82, 2.24) is 0 Å². The van der Waals surface area contributed by atoms with Gasteiger partial charge in [-0.25, -0.2) is 0 Å². The van der Waals surface area contributed by atoms with Crippen molar-refractivity contribution in [2.45, 2.75) is 71.0 Å². The third kappa shape index (κ3) is 2.91. The molecule has 2 heterocycles. The molecule has 2 aromatic carbocycles. The molecule has 0 unspecified atom stereocenters. The number of hydrogen-bond acceptors (Lipinski definition) is 4. The van der Waals surface area contributed by atoms with E-state index in [9.17, 15) is 10.2 Å². The van der Waals surface area contributed by atoms with E-state index in [1.807, 2.05) is 24.3 Å². The lowest BCUT2D eigenvalue weighted by Gasteiger charge is -2.39. The van der Waals surface area contributed by atoms with Crippen LogP contribution in [0.5, 0.6) is 23.0 Å². The molecule has 4 nitrogen and oxygen atoms in total. The molecule has 0 saturated heterocycles. The molecule has 0 aliphatic carbocycles. The van der Waals surface area contributed by atoms with Crippen LogP contribution in [0.1, 0.15) is 76.1 Å². The first-order valence-electron chi connectivity index (χ1n) is 9.53. The van der Waals surface area contributed by atoms with Gasteiger partial charge in [-0.1, -0.05) is 41.5 Å². The van der Waals surface area contributed by atoms with Gasteiger partial charge in [-0.05, 0) is 35.1 Å². The van der Waals surface area contributed by atoms with Crippen LogP contribution in [-0.2, 0) is 10.8 Å². The van der Waals surface area contributed by atoms with Gasteiger partial charge in [0.05, 0.1) is 0 Å². The molecule has 2 aliphatic rings. The summed E-state index contributed by atoms with van der Waals surface area (Å²) < 4.78 is 12.2. The van der Waals surface area contributed by atoms with Gasteiger partial charge in [0.15, 0.2) is 0 Å². The Hall–Kier alpha value is -2.36. The highest BCUT2D eigenvalue weighted by atomic mass is 16.7. The minimum absolute atomic E-state index is 0.0299. The van der Waals surface area contributed by atoms with Crippen molar-refractivity contribution >= 4 is 0 Å². The predicted octanol–water partition coefficient (Wildman–Crippen LogP) is 5.33. The zero-order valence-electron chi connectivity index (χ0n) is 16.9. The van der Waals surface area contributed by atoms with Crippen LogP contribution in [-0.4, -0.2) is 16.5 Å². The molecule has 0 spiro atoms. The second-order valence-corrected chi connectivity index (χ2v) is 9.77. The highest BCUT2D eigenvalue weighted by Crippen LogP contribution is 2.52. The molecule has 4 heteroatoms. The number of phenols is 2. The van der Waals surface area contributed by atoms with Gasteiger partial charge in [0.25, 0.3) is 0 Å². The Labute approximate surface area is 160 Å². The van der Waals surface area contributed by atoms with E-state index in [1.54, 1.807) is 0 Å². The van der Waals surface area contributed by atoms with E-state index in [1.165, 1.54) is 0 Å². The van der Waals surface area contributed by atoms with Crippen LogP contribution in [0.4, 0.5) is 0 Å². The lowest BCUT2D eigenvalue weighted by molar-refractivity contribution is -0.0268. The summed E-state index contributed by atoms with van der Waals surface area (Å²) in [5.74, 6) is 2.11. The smallest absolute Gasteiger partial charge is 0.242 e. The van der Waals surface area contributed by atoms with Crippen molar-refractivity contribution in [1.29, 1.82) is 0 Å². The number of benzene rings is 2. The van der Waals surface area contributed by atoms with Crippen LogP contribution in [0.3, 0.4) is 0 Å². The maximum atomic E-state index is 10.6. The van der Waals surface area contributed by atoms with Gasteiger partial charge in [-0.3, -0.25) is 0 Å². The van der Waals surface area contributed by atoms with Crippen LogP contribution in [0.15, 0.2) is 24.3 Å². The maximum Gasteiger partial charge on any atom is 0.242 e. The van der Waals surface area contributed by atoms with Gasteiger partial charge in [0.1, 0.15) is 23.0 Å². The highest BCUT2D eigenvalue weighted by molar-refractivity contribution is 5.58. The molecule has 2 bridgehead atoms. The normalized spacial score (nSPS) is 21.0. The largest absolute Gasteiger partial charge is 0.508 e. The fourth-order valence-electron chi connectivity index (χ4n) is 4.14. The molecule has 0 radical (unpaired) electrons. The number of hydrogen-bond donors (Lipinski definition) is 2. The van der Waals surface area contributed by atoms with Gasteiger partial charge in [-0.2, -0.15) is 0 Å². The van der Waals surface area contributed by atoms with Crippen LogP contribution >= 0.6 is 0 Å². The number of phenolic OH excluding ortho intramolecular Hbond substituents is 2. The van der Waals surface area contributed by atoms with E-state index in [2.05, 4.69) is 41.5 Å². The number of rotatable bonds is 0. The Morgan fingerprint density at radius 1 is 0.741 bits per heavy atom. The quantitative estimate of drug-likeness (QED) is 0.660. The Balaban J connectivity index is 1.86. The van der Waals surface area contributed by atoms with Crippen LogP contribution in [0, 0.1) is 0 Å². The fraction of sp³-hybridized carbons (Fsp3) is 0.478. The van der Waals surface area contributed by atoms with Crippen LogP contribution < -0.4 is 9.47 Å². The molecule has 27 heavy (non-hydrogen) atoms. The summed E-state index contributed by atoms with van der Waals surface area (Å²) >= 11 is 0. The van der Waals surface area contributed by atoms with Gasteiger partial charge in [0.2, 0.25) is 6.29 Å². The van der Waals surface area contributed by atoms with E-state index in [4.69, 9.17) is 9.47 Å². The van der Waals surface area contributed by atoms with E-state index in [-0.39, 0.29) is 34.5 Å². The first-order chi connectivity index (χ1) is 12.4. The Morgan fingerprint density at radius 2 is 1.15 bits per heavy atom. The zero-order chi connectivity index (χ0) is 19.7. The Kier molecular flexibility index (Phi) is 3.72. The Morgan fingerprint density at radius 3 is 1.52 bits per heavy atom. The molecule has 2 N–H and O–H groups in total. The average molecular weight is 368 g/mol. The second kappa shape index (κ2) is 5.57. The number of aromatic hydroxyl groups is 2. The summed E-state index contributed by atoms with van der Waals surface area (Å²) in [6.07, 6.45) is 0.313. The van der Waals surface area contributed by atoms with E-state index < -0.39 is 0 Å². The second-order valence-electron chi connectivity index (χ2n) is 9.77. The minimum Gasteiger partial charge on any atom is -0.508 e. The molecular weight excluding hydrogens is 340 g/mol. The van der Waals surface area contributed by atoms with Gasteiger partial charge < -0.3 is 19.7 Å². The van der Waals surface area contributed by atoms with Crippen molar-refractivity contribution in [2.75, 3.05) is 0 Å². The minimum atomic E-state index is -0.357. The lowest BCUT2D eigenvalue weighted by Crippen LogP contribution is -2.35. The van der Waals surface area contributed by atoms with Crippen molar-refractivity contribution in [2.24, 2.45) is 0 Å². The topological polar surface area (TPSA) is 58.9 Å². The van der Waals surface area contributed by atoms with Crippen molar-refractivity contribution in [3.05, 3.63) is 46.5 Å². The summed E-state index contributed by atoms with van der Waals surface area (Å²) in [4.78, 5) is 0. The fourth-order valence-corrected chi connectivity index (χ4v) is 4.14. The molecule has 0 amide bonds. The summed E-state index contributed by atoms with van der Waals surface area (Å²) in [5.41, 5.74) is 3.23. The number of fused-ring (bicyclic) bond motifs is 6. The predicted molar refractivity (Wildman–Crippen MR) is 105 cm³/mol. The van der Waals surface area contributed by atoms with E-state index >= 15 is 0 Å². The third-order valence-electron chi connectivity index (χ3n) is 5.57. The van der Waals surface area contributed by atoms with Crippen LogP contribution in [0.25, 0.3) is 0 Å². The molecule has 144 valence electrons. The zero-order valence-corrected chi connectivity index (χ0v) is 16.9. The standard InChI is InChI=1S/C23H28O4/c1-22(2,3)15-10-19-13(7-17(15)24)12-9-21(26-19)27-20-11-16(23(4,5)6)18(25)8-14(12)20/h7-8,10-12,21,24-25H,9H2,1-6H3. The first-order valence-corrected chi connectivity index (χ1v) is 9.53. The van der Waals surface area contributed by atoms with Gasteiger partial charge >= 0.3 is 0 Å². The molecule has 2 aliphatic heterocycles. The van der Waals surface area contributed by atoms with Gasteiger partial charge in [0, 0.05) is 34.6 Å². The molecule has 4 rings (SSSR count). The van der Waals surface area contributed by atoms with Gasteiger partial charge in [-0.15, -0.1) is 0 Å². The van der Waals surface area contributed by atoms with E-state index in [0.29, 0.717) is 6.42 Å². The summed E-state index contributed by atoms with van der Waals surface area (Å²) in [6, 6.07) is 7.50. The first kappa shape index (κ1) is 18.0. The Bertz CT molecular complexity index is 842. The molecule has 0 fully saturated rings. The van der Waals surface area contributed by atoms with Crippen LogP contribution in [0.2, 0.25) is 0 Å². The molecule has 0 saturated carbocycles.